The predicted molar refractivity (Wildman–Crippen MR) is 120 cm³/mol. The van der Waals surface area contributed by atoms with E-state index in [-0.39, 0.29) is 11.3 Å². The summed E-state index contributed by atoms with van der Waals surface area (Å²) in [6, 6.07) is 24.7. The minimum absolute atomic E-state index is 0.0114. The second kappa shape index (κ2) is 9.26. The number of nitrogens with zero attached hydrogens (tertiary/aromatic N) is 1. The summed E-state index contributed by atoms with van der Waals surface area (Å²) in [6.45, 7) is 0.650. The number of benzene rings is 3. The molecule has 4 nitrogen and oxygen atoms in total. The van der Waals surface area contributed by atoms with Crippen LogP contribution in [-0.4, -0.2) is 32.1 Å². The van der Waals surface area contributed by atoms with E-state index in [1.54, 1.807) is 26.0 Å². The molecule has 1 amide bonds. The molecule has 0 spiro atoms. The summed E-state index contributed by atoms with van der Waals surface area (Å²) in [6.07, 6.45) is 1.75. The molecule has 1 aliphatic heterocycles. The van der Waals surface area contributed by atoms with Gasteiger partial charge in [0.1, 0.15) is 0 Å². The van der Waals surface area contributed by atoms with Crippen molar-refractivity contribution in [1.82, 2.24) is 4.90 Å². The minimum atomic E-state index is -0.0896. The summed E-state index contributed by atoms with van der Waals surface area (Å²) in [4.78, 5) is 15.2. The molecule has 0 fully saturated rings. The van der Waals surface area contributed by atoms with E-state index in [2.05, 4.69) is 36.4 Å². The Balaban J connectivity index is 1.90. The van der Waals surface area contributed by atoms with Crippen molar-refractivity contribution in [1.29, 1.82) is 0 Å². The highest BCUT2D eigenvalue weighted by atomic mass is 32.2. The highest BCUT2D eigenvalue weighted by molar-refractivity contribution is 7.99. The smallest absolute Gasteiger partial charge is 0.210 e. The van der Waals surface area contributed by atoms with Gasteiger partial charge < -0.3 is 14.4 Å². The normalized spacial score (nSPS) is 18.3. The Kier molecular flexibility index (Phi) is 6.29. The third-order valence-corrected chi connectivity index (χ3v) is 6.83. The van der Waals surface area contributed by atoms with E-state index in [1.807, 2.05) is 41.3 Å². The summed E-state index contributed by atoms with van der Waals surface area (Å²) in [7, 11) is 3.31. The molecule has 2 atom stereocenters. The maximum absolute atomic E-state index is 12.2. The molecule has 0 unspecified atom stereocenters. The summed E-state index contributed by atoms with van der Waals surface area (Å²) in [5, 5.41) is 0.0114. The molecule has 1 aliphatic rings. The number of thioether (sulfide) groups is 1. The highest BCUT2D eigenvalue weighted by Crippen LogP contribution is 2.50. The van der Waals surface area contributed by atoms with Crippen molar-refractivity contribution in [2.24, 2.45) is 0 Å². The highest BCUT2D eigenvalue weighted by Gasteiger charge is 2.35. The second-order valence-electron chi connectivity index (χ2n) is 7.21. The number of amides is 1. The first kappa shape index (κ1) is 20.4. The van der Waals surface area contributed by atoms with Crippen LogP contribution in [0.2, 0.25) is 0 Å². The van der Waals surface area contributed by atoms with Crippen LogP contribution < -0.4 is 9.47 Å². The van der Waals surface area contributed by atoms with Crippen molar-refractivity contribution in [3.8, 4) is 11.5 Å². The Labute approximate surface area is 181 Å². The van der Waals surface area contributed by atoms with Crippen LogP contribution in [0.4, 0.5) is 0 Å². The van der Waals surface area contributed by atoms with Crippen LogP contribution in [0.3, 0.4) is 0 Å². The van der Waals surface area contributed by atoms with Crippen LogP contribution in [0, 0.1) is 0 Å². The minimum Gasteiger partial charge on any atom is -0.493 e. The van der Waals surface area contributed by atoms with Gasteiger partial charge in [0.05, 0.1) is 25.5 Å². The van der Waals surface area contributed by atoms with Gasteiger partial charge >= 0.3 is 0 Å². The molecule has 30 heavy (non-hydrogen) atoms. The van der Waals surface area contributed by atoms with Crippen molar-refractivity contribution >= 4 is 18.2 Å². The molecule has 154 valence electrons. The molecule has 0 aromatic heterocycles. The number of carbonyl (C=O) groups is 1. The average molecular weight is 420 g/mol. The zero-order chi connectivity index (χ0) is 20.9. The Morgan fingerprint density at radius 1 is 0.933 bits per heavy atom. The summed E-state index contributed by atoms with van der Waals surface area (Å²) in [5.41, 5.74) is 3.49. The van der Waals surface area contributed by atoms with Gasteiger partial charge in [-0.05, 0) is 47.4 Å². The monoisotopic (exact) mass is 419 g/mol. The number of ether oxygens (including phenoxy) is 2. The molecule has 5 heteroatoms. The topological polar surface area (TPSA) is 38.8 Å². The summed E-state index contributed by atoms with van der Waals surface area (Å²) in [5.74, 6) is 1.43. The SMILES string of the molecule is COc1cc2c(cc1OC)[C@H](Sc1ccccc1)[C@@H](c1ccccc1)N(C=O)CC2. The van der Waals surface area contributed by atoms with Crippen LogP contribution in [0.25, 0.3) is 0 Å². The standard InChI is InChI=1S/C25H25NO3S/c1-28-22-15-19-13-14-26(17-27)24(18-9-5-3-6-10-18)25(21(19)16-23(22)29-2)30-20-11-7-4-8-12-20/h3-12,15-17,24-25H,13-14H2,1-2H3/t24-,25+/m1/s1. The first-order valence-corrected chi connectivity index (χ1v) is 10.9. The molecule has 3 aromatic carbocycles. The Morgan fingerprint density at radius 3 is 2.20 bits per heavy atom. The van der Waals surface area contributed by atoms with E-state index in [4.69, 9.17) is 9.47 Å². The van der Waals surface area contributed by atoms with Crippen LogP contribution in [0.1, 0.15) is 28.0 Å². The van der Waals surface area contributed by atoms with Crippen molar-refractivity contribution in [2.45, 2.75) is 22.6 Å². The number of hydrogen-bond acceptors (Lipinski definition) is 4. The van der Waals surface area contributed by atoms with Gasteiger partial charge in [0.15, 0.2) is 11.5 Å². The van der Waals surface area contributed by atoms with Gasteiger partial charge in [-0.1, -0.05) is 48.5 Å². The molecule has 0 bridgehead atoms. The molecule has 3 aromatic rings. The zero-order valence-corrected chi connectivity index (χ0v) is 18.0. The lowest BCUT2D eigenvalue weighted by Gasteiger charge is -2.33. The van der Waals surface area contributed by atoms with E-state index in [1.165, 1.54) is 11.1 Å². The van der Waals surface area contributed by atoms with Gasteiger partial charge in [-0.3, -0.25) is 4.79 Å². The van der Waals surface area contributed by atoms with Gasteiger partial charge in [-0.25, -0.2) is 0 Å². The molecule has 0 N–H and O–H groups in total. The van der Waals surface area contributed by atoms with Crippen LogP contribution in [-0.2, 0) is 11.2 Å². The van der Waals surface area contributed by atoms with Crippen LogP contribution in [0.15, 0.2) is 77.7 Å². The first-order valence-electron chi connectivity index (χ1n) is 9.97. The third-order valence-electron chi connectivity index (χ3n) is 5.52. The second-order valence-corrected chi connectivity index (χ2v) is 8.42. The number of hydrogen-bond donors (Lipinski definition) is 0. The Morgan fingerprint density at radius 2 is 1.57 bits per heavy atom. The van der Waals surface area contributed by atoms with Gasteiger partial charge in [-0.15, -0.1) is 11.8 Å². The van der Waals surface area contributed by atoms with Crippen molar-refractivity contribution in [2.75, 3.05) is 20.8 Å². The maximum atomic E-state index is 12.2. The number of rotatable bonds is 6. The molecular formula is C25H25NO3S. The lowest BCUT2D eigenvalue weighted by atomic mass is 9.95. The average Bonchev–Trinajstić information content (AvgIpc) is 2.95. The molecule has 1 heterocycles. The third kappa shape index (κ3) is 4.03. The lowest BCUT2D eigenvalue weighted by molar-refractivity contribution is -0.120. The number of carbonyl (C=O) groups excluding carboxylic acids is 1. The van der Waals surface area contributed by atoms with E-state index >= 15 is 0 Å². The van der Waals surface area contributed by atoms with E-state index in [9.17, 15) is 4.79 Å². The maximum Gasteiger partial charge on any atom is 0.210 e. The molecule has 0 radical (unpaired) electrons. The van der Waals surface area contributed by atoms with Crippen LogP contribution in [0.5, 0.6) is 11.5 Å². The first-order chi connectivity index (χ1) is 14.7. The summed E-state index contributed by atoms with van der Waals surface area (Å²) < 4.78 is 11.2. The van der Waals surface area contributed by atoms with Gasteiger partial charge in [-0.2, -0.15) is 0 Å². The van der Waals surface area contributed by atoms with E-state index < -0.39 is 0 Å². The number of fused-ring (bicyclic) bond motifs is 1. The van der Waals surface area contributed by atoms with Gasteiger partial charge in [0, 0.05) is 11.4 Å². The Bertz CT molecular complexity index is 994. The van der Waals surface area contributed by atoms with Crippen LogP contribution >= 0.6 is 11.8 Å². The van der Waals surface area contributed by atoms with Crippen molar-refractivity contribution < 1.29 is 14.3 Å². The molecule has 0 saturated heterocycles. The van der Waals surface area contributed by atoms with Gasteiger partial charge in [0.2, 0.25) is 6.41 Å². The zero-order valence-electron chi connectivity index (χ0n) is 17.2. The fraction of sp³-hybridized carbons (Fsp3) is 0.240. The fourth-order valence-corrected chi connectivity index (χ4v) is 5.46. The largest absolute Gasteiger partial charge is 0.493 e. The van der Waals surface area contributed by atoms with Gasteiger partial charge in [0.25, 0.3) is 0 Å². The molecule has 4 rings (SSSR count). The van der Waals surface area contributed by atoms with E-state index in [0.717, 1.165) is 29.0 Å². The van der Waals surface area contributed by atoms with E-state index in [0.29, 0.717) is 12.3 Å². The number of methoxy groups -OCH3 is 2. The molecule has 0 aliphatic carbocycles. The summed E-state index contributed by atoms with van der Waals surface area (Å²) >= 11 is 1.78. The molecular weight excluding hydrogens is 394 g/mol. The fourth-order valence-electron chi connectivity index (χ4n) is 4.06. The molecule has 0 saturated carbocycles. The lowest BCUT2D eigenvalue weighted by Crippen LogP contribution is -2.30. The van der Waals surface area contributed by atoms with Crippen molar-refractivity contribution in [3.05, 3.63) is 89.5 Å². The van der Waals surface area contributed by atoms with Crippen molar-refractivity contribution in [3.63, 3.8) is 0 Å². The Hall–Kier alpha value is -2.92. The predicted octanol–water partition coefficient (Wildman–Crippen LogP) is 5.29. The quantitative estimate of drug-likeness (QED) is 0.509.